The summed E-state index contributed by atoms with van der Waals surface area (Å²) < 4.78 is 1.16. The second kappa shape index (κ2) is 10.0. The molecule has 0 spiro atoms. The van der Waals surface area contributed by atoms with E-state index in [9.17, 15) is 9.90 Å². The second-order valence-corrected chi connectivity index (χ2v) is 11.0. The molecular formula is C24H36INO2. The predicted octanol–water partition coefficient (Wildman–Crippen LogP) is 5.65. The zero-order chi connectivity index (χ0) is 20.1. The highest BCUT2D eigenvalue weighted by atomic mass is 127. The van der Waals surface area contributed by atoms with Crippen LogP contribution in [0.2, 0.25) is 0 Å². The second-order valence-electron chi connectivity index (χ2n) is 9.71. The maximum absolute atomic E-state index is 11.9. The van der Waals surface area contributed by atoms with Gasteiger partial charge >= 0.3 is 0 Å². The van der Waals surface area contributed by atoms with Crippen LogP contribution in [-0.2, 0) is 4.79 Å². The van der Waals surface area contributed by atoms with E-state index in [1.807, 2.05) is 18.2 Å². The van der Waals surface area contributed by atoms with Gasteiger partial charge in [0, 0.05) is 28.0 Å². The molecule has 0 aromatic heterocycles. The Morgan fingerprint density at radius 2 is 1.86 bits per heavy atom. The minimum absolute atomic E-state index is 0.0301. The monoisotopic (exact) mass is 497 g/mol. The molecule has 0 bridgehead atoms. The van der Waals surface area contributed by atoms with Crippen molar-refractivity contribution in [2.75, 3.05) is 6.54 Å². The van der Waals surface area contributed by atoms with E-state index in [1.54, 1.807) is 0 Å². The summed E-state index contributed by atoms with van der Waals surface area (Å²) in [5, 5.41) is 14.1. The number of hydrogen-bond donors (Lipinski definition) is 2. The van der Waals surface area contributed by atoms with Crippen LogP contribution < -0.4 is 5.32 Å². The van der Waals surface area contributed by atoms with Crippen molar-refractivity contribution in [3.05, 3.63) is 33.4 Å². The van der Waals surface area contributed by atoms with E-state index < -0.39 is 6.10 Å². The number of carbonyl (C=O) groups excluding carboxylic acids is 1. The SMILES string of the molecule is CC(C)(CC1CCC(CCC(=O)C2CC2)CC1)NC[C@H](O)c1cccc(I)c1. The van der Waals surface area contributed by atoms with Crippen LogP contribution in [0.5, 0.6) is 0 Å². The lowest BCUT2D eigenvalue weighted by molar-refractivity contribution is -0.120. The first-order chi connectivity index (χ1) is 13.3. The molecule has 28 heavy (non-hydrogen) atoms. The third kappa shape index (κ3) is 7.10. The van der Waals surface area contributed by atoms with E-state index in [2.05, 4.69) is 47.8 Å². The lowest BCUT2D eigenvalue weighted by Crippen LogP contribution is -2.43. The Bertz CT molecular complexity index is 648. The van der Waals surface area contributed by atoms with Crippen LogP contribution in [0.25, 0.3) is 0 Å². The molecule has 4 heteroatoms. The van der Waals surface area contributed by atoms with Gasteiger partial charge in [0.05, 0.1) is 6.10 Å². The number of hydrogen-bond acceptors (Lipinski definition) is 3. The van der Waals surface area contributed by atoms with Gasteiger partial charge in [0.15, 0.2) is 0 Å². The minimum Gasteiger partial charge on any atom is -0.387 e. The third-order valence-corrected chi connectivity index (χ3v) is 7.28. The molecule has 2 fully saturated rings. The van der Waals surface area contributed by atoms with E-state index in [0.29, 0.717) is 18.2 Å². The van der Waals surface area contributed by atoms with Crippen LogP contribution in [0.15, 0.2) is 24.3 Å². The van der Waals surface area contributed by atoms with Gasteiger partial charge in [-0.15, -0.1) is 0 Å². The predicted molar refractivity (Wildman–Crippen MR) is 123 cm³/mol. The van der Waals surface area contributed by atoms with Crippen LogP contribution in [0.4, 0.5) is 0 Å². The molecule has 2 N–H and O–H groups in total. The maximum atomic E-state index is 11.9. The standard InChI is InChI=1S/C24H36INO2/c1-24(2,26-16-23(28)20-4-3-5-21(25)14-20)15-18-8-6-17(7-9-18)10-13-22(27)19-11-12-19/h3-5,14,17-19,23,26,28H,6-13,15-16H2,1-2H3/t17?,18?,23-/m0/s1. The Kier molecular flexibility index (Phi) is 7.97. The van der Waals surface area contributed by atoms with Crippen molar-refractivity contribution in [3.8, 4) is 0 Å². The number of β-amino-alcohol motifs (C(OH)–C–C–N with tert-alkyl or cyclic N) is 1. The summed E-state index contributed by atoms with van der Waals surface area (Å²) in [5.41, 5.74) is 1.01. The molecule has 1 aromatic rings. The molecule has 2 aliphatic carbocycles. The van der Waals surface area contributed by atoms with Crippen molar-refractivity contribution in [2.45, 2.75) is 83.3 Å². The van der Waals surface area contributed by atoms with Crippen molar-refractivity contribution < 1.29 is 9.90 Å². The molecule has 0 amide bonds. The molecule has 0 saturated heterocycles. The summed E-state index contributed by atoms with van der Waals surface area (Å²) in [6.45, 7) is 5.11. The van der Waals surface area contributed by atoms with Crippen molar-refractivity contribution in [3.63, 3.8) is 0 Å². The van der Waals surface area contributed by atoms with Crippen molar-refractivity contribution in [1.29, 1.82) is 0 Å². The molecule has 0 unspecified atom stereocenters. The molecule has 0 heterocycles. The summed E-state index contributed by atoms with van der Waals surface area (Å²) >= 11 is 2.29. The van der Waals surface area contributed by atoms with Crippen LogP contribution in [0.1, 0.15) is 83.3 Å². The minimum atomic E-state index is -0.464. The number of ketones is 1. The highest BCUT2D eigenvalue weighted by Crippen LogP contribution is 2.37. The zero-order valence-electron chi connectivity index (χ0n) is 17.4. The fourth-order valence-electron chi connectivity index (χ4n) is 4.68. The largest absolute Gasteiger partial charge is 0.387 e. The number of aliphatic hydroxyl groups is 1. The van der Waals surface area contributed by atoms with Crippen molar-refractivity contribution in [1.82, 2.24) is 5.32 Å². The molecule has 2 aliphatic rings. The van der Waals surface area contributed by atoms with Gasteiger partial charge < -0.3 is 10.4 Å². The highest BCUT2D eigenvalue weighted by Gasteiger charge is 2.31. The summed E-state index contributed by atoms with van der Waals surface area (Å²) in [6, 6.07) is 8.10. The quantitative estimate of drug-likeness (QED) is 0.411. The van der Waals surface area contributed by atoms with E-state index in [-0.39, 0.29) is 5.54 Å². The summed E-state index contributed by atoms with van der Waals surface area (Å²) in [4.78, 5) is 11.9. The average Bonchev–Trinajstić information content (AvgIpc) is 3.50. The van der Waals surface area contributed by atoms with Crippen LogP contribution in [0.3, 0.4) is 0 Å². The molecular weight excluding hydrogens is 461 g/mol. The van der Waals surface area contributed by atoms with E-state index in [0.717, 1.165) is 53.1 Å². The molecule has 2 saturated carbocycles. The van der Waals surface area contributed by atoms with E-state index in [4.69, 9.17) is 0 Å². The van der Waals surface area contributed by atoms with Gasteiger partial charge in [-0.2, -0.15) is 0 Å². The highest BCUT2D eigenvalue weighted by molar-refractivity contribution is 14.1. The van der Waals surface area contributed by atoms with Gasteiger partial charge in [0.1, 0.15) is 5.78 Å². The molecule has 3 rings (SSSR count). The zero-order valence-corrected chi connectivity index (χ0v) is 19.6. The van der Waals surface area contributed by atoms with Gasteiger partial charge in [0.25, 0.3) is 0 Å². The van der Waals surface area contributed by atoms with Crippen molar-refractivity contribution >= 4 is 28.4 Å². The Labute approximate surface area is 184 Å². The van der Waals surface area contributed by atoms with E-state index in [1.165, 1.54) is 25.7 Å². The number of Topliss-reactive ketones (excluding diaryl/α,β-unsaturated/α-hetero) is 1. The number of aliphatic hydroxyl groups excluding tert-OH is 1. The molecule has 1 aromatic carbocycles. The maximum Gasteiger partial charge on any atom is 0.135 e. The third-order valence-electron chi connectivity index (χ3n) is 6.60. The first kappa shape index (κ1) is 22.2. The fourth-order valence-corrected chi connectivity index (χ4v) is 5.25. The summed E-state index contributed by atoms with van der Waals surface area (Å²) in [7, 11) is 0. The van der Waals surface area contributed by atoms with Crippen LogP contribution in [-0.4, -0.2) is 23.0 Å². The first-order valence-corrected chi connectivity index (χ1v) is 12.1. The lowest BCUT2D eigenvalue weighted by Gasteiger charge is -2.35. The fraction of sp³-hybridized carbons (Fsp3) is 0.708. The summed E-state index contributed by atoms with van der Waals surface area (Å²) in [6.07, 6.45) is 10.0. The molecule has 0 aliphatic heterocycles. The molecule has 3 nitrogen and oxygen atoms in total. The van der Waals surface area contributed by atoms with Gasteiger partial charge in [0.2, 0.25) is 0 Å². The Balaban J connectivity index is 1.36. The van der Waals surface area contributed by atoms with Gasteiger partial charge in [-0.1, -0.05) is 37.8 Å². The number of carbonyl (C=O) groups is 1. The number of halogens is 1. The van der Waals surface area contributed by atoms with E-state index >= 15 is 0 Å². The Morgan fingerprint density at radius 3 is 2.50 bits per heavy atom. The van der Waals surface area contributed by atoms with Gasteiger partial charge in [-0.05, 0) is 91.7 Å². The van der Waals surface area contributed by atoms with Crippen molar-refractivity contribution in [2.24, 2.45) is 17.8 Å². The first-order valence-electron chi connectivity index (χ1n) is 11.0. The normalized spacial score (nSPS) is 24.1. The molecule has 0 radical (unpaired) electrons. The van der Waals surface area contributed by atoms with Gasteiger partial charge in [-0.25, -0.2) is 0 Å². The Hall–Kier alpha value is -0.460. The van der Waals surface area contributed by atoms with Crippen LogP contribution >= 0.6 is 22.6 Å². The number of nitrogens with one attached hydrogen (secondary N) is 1. The smallest absolute Gasteiger partial charge is 0.135 e. The lowest BCUT2D eigenvalue weighted by atomic mass is 9.75. The van der Waals surface area contributed by atoms with Gasteiger partial charge in [-0.3, -0.25) is 4.79 Å². The average molecular weight is 497 g/mol. The number of benzene rings is 1. The topological polar surface area (TPSA) is 49.3 Å². The van der Waals surface area contributed by atoms with Crippen LogP contribution in [0, 0.1) is 21.3 Å². The Morgan fingerprint density at radius 1 is 1.18 bits per heavy atom. The molecule has 1 atom stereocenters. The summed E-state index contributed by atoms with van der Waals surface area (Å²) in [5.74, 6) is 2.47. The number of rotatable bonds is 10. The molecule has 156 valence electrons.